The molecule has 4 nitrogen and oxygen atoms in total. The summed E-state index contributed by atoms with van der Waals surface area (Å²) in [6.45, 7) is 6.77. The molecule has 0 aliphatic carbocycles. The molecule has 1 aromatic carbocycles. The van der Waals surface area contributed by atoms with Gasteiger partial charge in [-0.3, -0.25) is 4.98 Å². The molecule has 2 aromatic rings. The van der Waals surface area contributed by atoms with Crippen LogP contribution >= 0.6 is 0 Å². The molecule has 4 heteroatoms. The lowest BCUT2D eigenvalue weighted by molar-refractivity contribution is 0.0170. The van der Waals surface area contributed by atoms with Crippen molar-refractivity contribution in [2.24, 2.45) is 0 Å². The minimum absolute atomic E-state index is 0.588. The van der Waals surface area contributed by atoms with Gasteiger partial charge in [0.25, 0.3) is 0 Å². The van der Waals surface area contributed by atoms with Crippen LogP contribution < -0.4 is 4.90 Å². The van der Waals surface area contributed by atoms with E-state index in [-0.39, 0.29) is 0 Å². The topological polar surface area (TPSA) is 39.6 Å². The van der Waals surface area contributed by atoms with E-state index < -0.39 is 5.60 Å². The number of aryl methyl sites for hydroxylation is 1. The molecule has 4 rings (SSSR count). The summed E-state index contributed by atoms with van der Waals surface area (Å²) in [6, 6.07) is 10.5. The van der Waals surface area contributed by atoms with Crippen LogP contribution in [0.1, 0.15) is 31.4 Å². The Bertz CT molecular complexity index is 726. The predicted octanol–water partition coefficient (Wildman–Crippen LogP) is 2.97. The number of anilines is 1. The van der Waals surface area contributed by atoms with Crippen LogP contribution in [-0.4, -0.2) is 53.3 Å². The van der Waals surface area contributed by atoms with Gasteiger partial charge in [0.1, 0.15) is 0 Å². The van der Waals surface area contributed by atoms with Gasteiger partial charge >= 0.3 is 0 Å². The number of piperidine rings is 1. The average molecular weight is 325 g/mol. The van der Waals surface area contributed by atoms with E-state index in [0.717, 1.165) is 50.4 Å². The molecular formula is C20H27N3O. The van der Waals surface area contributed by atoms with Crippen LogP contribution in [0.25, 0.3) is 10.9 Å². The van der Waals surface area contributed by atoms with E-state index in [2.05, 4.69) is 39.0 Å². The molecule has 1 atom stereocenters. The molecule has 2 aliphatic heterocycles. The maximum atomic E-state index is 11.1. The molecule has 3 heterocycles. The zero-order chi connectivity index (χ0) is 16.6. The van der Waals surface area contributed by atoms with E-state index in [1.54, 1.807) is 0 Å². The summed E-state index contributed by atoms with van der Waals surface area (Å²) in [5, 5.41) is 12.3. The molecule has 2 fully saturated rings. The first-order valence-corrected chi connectivity index (χ1v) is 9.19. The molecule has 24 heavy (non-hydrogen) atoms. The van der Waals surface area contributed by atoms with E-state index >= 15 is 0 Å². The Labute approximate surface area is 144 Å². The number of fused-ring (bicyclic) bond motifs is 1. The standard InChI is InChI=1S/C20H27N3O/c1-16-13-19(17-7-3-4-8-18(17)21-16)23-12-9-20(24,15-23)14-22-10-5-2-6-11-22/h3-4,7-8,13,24H,2,5-6,9-12,14-15H2,1H3/t20-/m1/s1. The number of hydrogen-bond acceptors (Lipinski definition) is 4. The number of nitrogens with zero attached hydrogens (tertiary/aromatic N) is 3. The molecule has 128 valence electrons. The summed E-state index contributed by atoms with van der Waals surface area (Å²) in [6.07, 6.45) is 4.73. The van der Waals surface area contributed by atoms with Crippen LogP contribution in [0.2, 0.25) is 0 Å². The van der Waals surface area contributed by atoms with E-state index in [1.807, 2.05) is 13.0 Å². The third-order valence-corrected chi connectivity index (χ3v) is 5.46. The van der Waals surface area contributed by atoms with Gasteiger partial charge in [-0.15, -0.1) is 0 Å². The highest BCUT2D eigenvalue weighted by molar-refractivity contribution is 5.92. The zero-order valence-corrected chi connectivity index (χ0v) is 14.5. The molecule has 1 aromatic heterocycles. The van der Waals surface area contributed by atoms with Gasteiger partial charge < -0.3 is 14.9 Å². The van der Waals surface area contributed by atoms with Gasteiger partial charge in [0, 0.05) is 36.4 Å². The number of benzene rings is 1. The van der Waals surface area contributed by atoms with Crippen molar-refractivity contribution in [3.8, 4) is 0 Å². The van der Waals surface area contributed by atoms with Gasteiger partial charge in [0.05, 0.1) is 11.1 Å². The lowest BCUT2D eigenvalue weighted by Crippen LogP contribution is -2.46. The molecule has 0 saturated carbocycles. The molecule has 2 aliphatic rings. The molecule has 0 radical (unpaired) electrons. The van der Waals surface area contributed by atoms with Gasteiger partial charge in [-0.2, -0.15) is 0 Å². The Morgan fingerprint density at radius 3 is 2.75 bits per heavy atom. The van der Waals surface area contributed by atoms with Gasteiger partial charge in [-0.1, -0.05) is 24.6 Å². The quantitative estimate of drug-likeness (QED) is 0.942. The molecule has 2 saturated heterocycles. The minimum Gasteiger partial charge on any atom is -0.387 e. The van der Waals surface area contributed by atoms with Crippen molar-refractivity contribution in [3.63, 3.8) is 0 Å². The Hall–Kier alpha value is -1.65. The molecule has 0 amide bonds. The Balaban J connectivity index is 1.56. The number of para-hydroxylation sites is 1. The summed E-state index contributed by atoms with van der Waals surface area (Å²) in [7, 11) is 0. The van der Waals surface area contributed by atoms with Crippen LogP contribution in [0.15, 0.2) is 30.3 Å². The third kappa shape index (κ3) is 3.13. The second kappa shape index (κ2) is 6.34. The van der Waals surface area contributed by atoms with Gasteiger partial charge in [0.2, 0.25) is 0 Å². The van der Waals surface area contributed by atoms with Crippen molar-refractivity contribution in [2.45, 2.75) is 38.2 Å². The molecule has 0 bridgehead atoms. The van der Waals surface area contributed by atoms with Crippen molar-refractivity contribution in [1.29, 1.82) is 0 Å². The highest BCUT2D eigenvalue weighted by Gasteiger charge is 2.38. The monoisotopic (exact) mass is 325 g/mol. The summed E-state index contributed by atoms with van der Waals surface area (Å²) in [4.78, 5) is 9.44. The summed E-state index contributed by atoms with van der Waals surface area (Å²) in [5.74, 6) is 0. The van der Waals surface area contributed by atoms with Crippen molar-refractivity contribution in [1.82, 2.24) is 9.88 Å². The highest BCUT2D eigenvalue weighted by atomic mass is 16.3. The Morgan fingerprint density at radius 2 is 1.92 bits per heavy atom. The van der Waals surface area contributed by atoms with Crippen LogP contribution in [0, 0.1) is 6.92 Å². The second-order valence-corrected chi connectivity index (χ2v) is 7.53. The van der Waals surface area contributed by atoms with Crippen molar-refractivity contribution in [3.05, 3.63) is 36.0 Å². The van der Waals surface area contributed by atoms with Crippen LogP contribution in [0.5, 0.6) is 0 Å². The highest BCUT2D eigenvalue weighted by Crippen LogP contribution is 2.33. The average Bonchev–Trinajstić information content (AvgIpc) is 2.96. The first kappa shape index (κ1) is 15.9. The lowest BCUT2D eigenvalue weighted by Gasteiger charge is -2.34. The fourth-order valence-electron chi connectivity index (χ4n) is 4.27. The molecule has 1 N–H and O–H groups in total. The Morgan fingerprint density at radius 1 is 1.12 bits per heavy atom. The fraction of sp³-hybridized carbons (Fsp3) is 0.550. The van der Waals surface area contributed by atoms with Crippen molar-refractivity contribution >= 4 is 16.6 Å². The smallest absolute Gasteiger partial charge is 0.0964 e. The number of likely N-dealkylation sites (tertiary alicyclic amines) is 1. The van der Waals surface area contributed by atoms with Crippen LogP contribution in [0.3, 0.4) is 0 Å². The molecule has 0 spiro atoms. The lowest BCUT2D eigenvalue weighted by atomic mass is 10.0. The third-order valence-electron chi connectivity index (χ3n) is 5.46. The largest absolute Gasteiger partial charge is 0.387 e. The first-order chi connectivity index (χ1) is 11.6. The number of pyridine rings is 1. The van der Waals surface area contributed by atoms with Crippen molar-refractivity contribution in [2.75, 3.05) is 37.6 Å². The zero-order valence-electron chi connectivity index (χ0n) is 14.5. The minimum atomic E-state index is -0.588. The summed E-state index contributed by atoms with van der Waals surface area (Å²) in [5.41, 5.74) is 2.71. The SMILES string of the molecule is Cc1cc(N2CC[C@@](O)(CN3CCCCC3)C2)c2ccccc2n1. The number of hydrogen-bond donors (Lipinski definition) is 1. The van der Waals surface area contributed by atoms with E-state index in [1.165, 1.54) is 30.3 Å². The van der Waals surface area contributed by atoms with Crippen molar-refractivity contribution < 1.29 is 5.11 Å². The molecular weight excluding hydrogens is 298 g/mol. The number of aliphatic hydroxyl groups is 1. The number of rotatable bonds is 3. The van der Waals surface area contributed by atoms with Crippen LogP contribution in [-0.2, 0) is 0 Å². The maximum absolute atomic E-state index is 11.1. The van der Waals surface area contributed by atoms with E-state index in [4.69, 9.17) is 0 Å². The van der Waals surface area contributed by atoms with E-state index in [0.29, 0.717) is 0 Å². The molecule has 0 unspecified atom stereocenters. The number of β-amino-alcohol motifs (C(OH)–C–C–N with tert-alkyl or cyclic N) is 1. The maximum Gasteiger partial charge on any atom is 0.0964 e. The predicted molar refractivity (Wildman–Crippen MR) is 98.6 cm³/mol. The Kier molecular flexibility index (Phi) is 4.19. The van der Waals surface area contributed by atoms with Gasteiger partial charge in [-0.25, -0.2) is 0 Å². The normalized spacial score (nSPS) is 25.5. The first-order valence-electron chi connectivity index (χ1n) is 9.19. The fourth-order valence-corrected chi connectivity index (χ4v) is 4.27. The number of aromatic nitrogens is 1. The summed E-state index contributed by atoms with van der Waals surface area (Å²) < 4.78 is 0. The van der Waals surface area contributed by atoms with Gasteiger partial charge in [0.15, 0.2) is 0 Å². The van der Waals surface area contributed by atoms with Gasteiger partial charge in [-0.05, 0) is 51.4 Å². The van der Waals surface area contributed by atoms with Crippen LogP contribution in [0.4, 0.5) is 5.69 Å². The second-order valence-electron chi connectivity index (χ2n) is 7.53. The summed E-state index contributed by atoms with van der Waals surface area (Å²) >= 11 is 0. The van der Waals surface area contributed by atoms with E-state index in [9.17, 15) is 5.11 Å².